The van der Waals surface area contributed by atoms with Gasteiger partial charge in [-0.25, -0.2) is 0 Å². The summed E-state index contributed by atoms with van der Waals surface area (Å²) in [6, 6.07) is 15.2. The lowest BCUT2D eigenvalue weighted by molar-refractivity contribution is 0.112. The normalized spacial score (nSPS) is 10.7. The molecule has 0 fully saturated rings. The molecule has 100 valence electrons. The number of hydrogen-bond donors (Lipinski definition) is 0. The van der Waals surface area contributed by atoms with Crippen LogP contribution in [0, 0.1) is 0 Å². The van der Waals surface area contributed by atoms with Crippen LogP contribution in [0.25, 0.3) is 22.3 Å². The van der Waals surface area contributed by atoms with E-state index in [1.54, 1.807) is 12.1 Å². The van der Waals surface area contributed by atoms with Gasteiger partial charge in [0.2, 0.25) is 0 Å². The summed E-state index contributed by atoms with van der Waals surface area (Å²) in [5, 5.41) is 0.782. The summed E-state index contributed by atoms with van der Waals surface area (Å²) >= 11 is 0. The molecular weight excluding hydrogens is 252 g/mol. The van der Waals surface area contributed by atoms with Crippen molar-refractivity contribution < 1.29 is 13.9 Å². The van der Waals surface area contributed by atoms with Gasteiger partial charge in [-0.3, -0.25) is 4.79 Å². The third-order valence-corrected chi connectivity index (χ3v) is 3.17. The Morgan fingerprint density at radius 3 is 2.65 bits per heavy atom. The van der Waals surface area contributed by atoms with E-state index in [2.05, 4.69) is 0 Å². The maximum atomic E-state index is 11.2. The number of benzene rings is 2. The number of ether oxygens (including phenoxy) is 1. The predicted octanol–water partition coefficient (Wildman–Crippen LogP) is 4.31. The van der Waals surface area contributed by atoms with Crippen LogP contribution in [0.4, 0.5) is 0 Å². The molecule has 3 heteroatoms. The maximum Gasteiger partial charge on any atom is 0.177 e. The van der Waals surface area contributed by atoms with Crippen molar-refractivity contribution in [3.8, 4) is 17.1 Å². The number of hydrogen-bond acceptors (Lipinski definition) is 3. The summed E-state index contributed by atoms with van der Waals surface area (Å²) in [4.78, 5) is 11.2. The molecule has 0 saturated heterocycles. The van der Waals surface area contributed by atoms with Crippen molar-refractivity contribution in [1.29, 1.82) is 0 Å². The fourth-order valence-corrected chi connectivity index (χ4v) is 2.24. The molecule has 0 aliphatic rings. The Hall–Kier alpha value is -2.55. The lowest BCUT2D eigenvalue weighted by atomic mass is 10.1. The summed E-state index contributed by atoms with van der Waals surface area (Å²) < 4.78 is 11.5. The van der Waals surface area contributed by atoms with Gasteiger partial charge in [-0.1, -0.05) is 30.3 Å². The van der Waals surface area contributed by atoms with Crippen molar-refractivity contribution in [1.82, 2.24) is 0 Å². The van der Waals surface area contributed by atoms with E-state index in [4.69, 9.17) is 9.15 Å². The van der Waals surface area contributed by atoms with Gasteiger partial charge in [-0.05, 0) is 25.1 Å². The van der Waals surface area contributed by atoms with E-state index in [-0.39, 0.29) is 0 Å². The number of rotatable bonds is 4. The molecule has 3 aromatic rings. The van der Waals surface area contributed by atoms with Crippen LogP contribution in [0.3, 0.4) is 0 Å². The molecule has 3 rings (SSSR count). The molecule has 0 N–H and O–H groups in total. The van der Waals surface area contributed by atoms with Crippen LogP contribution >= 0.6 is 0 Å². The molecule has 20 heavy (non-hydrogen) atoms. The van der Waals surface area contributed by atoms with Gasteiger partial charge in [-0.2, -0.15) is 0 Å². The van der Waals surface area contributed by atoms with Crippen molar-refractivity contribution in [2.45, 2.75) is 6.92 Å². The Bertz CT molecular complexity index is 742. The van der Waals surface area contributed by atoms with E-state index in [0.717, 1.165) is 23.0 Å². The highest BCUT2D eigenvalue weighted by molar-refractivity contribution is 6.00. The van der Waals surface area contributed by atoms with Crippen LogP contribution in [0.15, 0.2) is 52.9 Å². The summed E-state index contributed by atoms with van der Waals surface area (Å²) in [6.07, 6.45) is 0.836. The molecule has 1 aromatic heterocycles. The topological polar surface area (TPSA) is 39.4 Å². The summed E-state index contributed by atoms with van der Waals surface area (Å²) in [5.41, 5.74) is 2.20. The summed E-state index contributed by atoms with van der Waals surface area (Å²) in [6.45, 7) is 2.47. The van der Waals surface area contributed by atoms with E-state index >= 15 is 0 Å². The molecule has 2 aromatic carbocycles. The highest BCUT2D eigenvalue weighted by atomic mass is 16.5. The van der Waals surface area contributed by atoms with Crippen LogP contribution in [0.2, 0.25) is 0 Å². The van der Waals surface area contributed by atoms with Gasteiger partial charge in [0.15, 0.2) is 17.6 Å². The molecule has 3 nitrogen and oxygen atoms in total. The van der Waals surface area contributed by atoms with Gasteiger partial charge in [0.1, 0.15) is 5.76 Å². The Kier molecular flexibility index (Phi) is 3.25. The van der Waals surface area contributed by atoms with Gasteiger partial charge >= 0.3 is 0 Å². The summed E-state index contributed by atoms with van der Waals surface area (Å²) in [7, 11) is 0. The molecule has 0 radical (unpaired) electrons. The average molecular weight is 266 g/mol. The maximum absolute atomic E-state index is 11.2. The zero-order valence-corrected chi connectivity index (χ0v) is 11.1. The largest absolute Gasteiger partial charge is 0.490 e. The SMILES string of the molecule is CCOc1ccc(C=O)c2cc(-c3ccccc3)oc12. The smallest absolute Gasteiger partial charge is 0.177 e. The minimum absolute atomic E-state index is 0.552. The molecule has 0 aliphatic heterocycles. The average Bonchev–Trinajstić information content (AvgIpc) is 2.94. The molecule has 0 unspecified atom stereocenters. The Balaban J connectivity index is 2.22. The first-order chi connectivity index (χ1) is 9.83. The van der Waals surface area contributed by atoms with Crippen LogP contribution in [0.1, 0.15) is 17.3 Å². The van der Waals surface area contributed by atoms with E-state index in [9.17, 15) is 4.79 Å². The third-order valence-electron chi connectivity index (χ3n) is 3.17. The Labute approximate surface area is 116 Å². The van der Waals surface area contributed by atoms with Crippen LogP contribution in [-0.4, -0.2) is 12.9 Å². The molecule has 0 aliphatic carbocycles. The second-order valence-electron chi connectivity index (χ2n) is 4.42. The van der Waals surface area contributed by atoms with Gasteiger partial charge in [0, 0.05) is 16.5 Å². The first-order valence-electron chi connectivity index (χ1n) is 6.53. The van der Waals surface area contributed by atoms with Crippen LogP contribution in [0.5, 0.6) is 5.75 Å². The fourth-order valence-electron chi connectivity index (χ4n) is 2.24. The monoisotopic (exact) mass is 266 g/mol. The van der Waals surface area contributed by atoms with Crippen molar-refractivity contribution >= 4 is 17.3 Å². The van der Waals surface area contributed by atoms with Gasteiger partial charge in [0.05, 0.1) is 6.61 Å². The van der Waals surface area contributed by atoms with E-state index in [1.807, 2.05) is 43.3 Å². The number of carbonyl (C=O) groups excluding carboxylic acids is 1. The molecule has 0 amide bonds. The zero-order valence-electron chi connectivity index (χ0n) is 11.1. The molecule has 0 spiro atoms. The number of furan rings is 1. The molecule has 0 bridgehead atoms. The van der Waals surface area contributed by atoms with E-state index in [0.29, 0.717) is 23.5 Å². The number of aldehydes is 1. The van der Waals surface area contributed by atoms with E-state index in [1.165, 1.54) is 0 Å². The second kappa shape index (κ2) is 5.21. The highest BCUT2D eigenvalue weighted by Gasteiger charge is 2.13. The van der Waals surface area contributed by atoms with Gasteiger partial charge < -0.3 is 9.15 Å². The lowest BCUT2D eigenvalue weighted by Crippen LogP contribution is -1.92. The first-order valence-corrected chi connectivity index (χ1v) is 6.53. The fraction of sp³-hybridized carbons (Fsp3) is 0.118. The van der Waals surface area contributed by atoms with E-state index < -0.39 is 0 Å². The first kappa shape index (κ1) is 12.5. The minimum Gasteiger partial charge on any atom is -0.490 e. The summed E-state index contributed by atoms with van der Waals surface area (Å²) in [5.74, 6) is 1.39. The van der Waals surface area contributed by atoms with Crippen LogP contribution < -0.4 is 4.74 Å². The molecule has 0 atom stereocenters. The van der Waals surface area contributed by atoms with Gasteiger partial charge in [0.25, 0.3) is 0 Å². The van der Waals surface area contributed by atoms with Crippen molar-refractivity contribution in [3.63, 3.8) is 0 Å². The lowest BCUT2D eigenvalue weighted by Gasteiger charge is -2.03. The Morgan fingerprint density at radius 1 is 1.15 bits per heavy atom. The van der Waals surface area contributed by atoms with Crippen LogP contribution in [-0.2, 0) is 0 Å². The number of fused-ring (bicyclic) bond motifs is 1. The molecule has 1 heterocycles. The van der Waals surface area contributed by atoms with Crippen molar-refractivity contribution in [3.05, 3.63) is 54.1 Å². The standard InChI is InChI=1S/C17H14O3/c1-2-19-15-9-8-13(11-18)14-10-16(20-17(14)15)12-6-4-3-5-7-12/h3-11H,2H2,1H3. The predicted molar refractivity (Wildman–Crippen MR) is 78.2 cm³/mol. The Morgan fingerprint density at radius 2 is 1.95 bits per heavy atom. The quantitative estimate of drug-likeness (QED) is 0.660. The minimum atomic E-state index is 0.552. The molecule has 0 saturated carbocycles. The van der Waals surface area contributed by atoms with Gasteiger partial charge in [-0.15, -0.1) is 0 Å². The van der Waals surface area contributed by atoms with Crippen molar-refractivity contribution in [2.75, 3.05) is 6.61 Å². The highest BCUT2D eigenvalue weighted by Crippen LogP contribution is 2.35. The molecular formula is C17H14O3. The number of carbonyl (C=O) groups is 1. The van der Waals surface area contributed by atoms with Crippen molar-refractivity contribution in [2.24, 2.45) is 0 Å². The third kappa shape index (κ3) is 2.07. The second-order valence-corrected chi connectivity index (χ2v) is 4.42. The zero-order chi connectivity index (χ0) is 13.9.